The van der Waals surface area contributed by atoms with Crippen LogP contribution in [0.25, 0.3) is 0 Å². The van der Waals surface area contributed by atoms with E-state index in [0.717, 1.165) is 12.0 Å². The van der Waals surface area contributed by atoms with Crippen LogP contribution in [0, 0.1) is 11.6 Å². The van der Waals surface area contributed by atoms with Crippen molar-refractivity contribution in [3.05, 3.63) is 70.8 Å². The van der Waals surface area contributed by atoms with Crippen LogP contribution in [0.1, 0.15) is 28.4 Å². The maximum atomic E-state index is 13.7. The first-order valence-electron chi connectivity index (χ1n) is 5.80. The van der Waals surface area contributed by atoms with Gasteiger partial charge >= 0.3 is 0 Å². The van der Waals surface area contributed by atoms with Crippen molar-refractivity contribution in [2.24, 2.45) is 0 Å². The Balaban J connectivity index is 2.38. The van der Waals surface area contributed by atoms with E-state index >= 15 is 0 Å². The number of rotatable bonds is 3. The van der Waals surface area contributed by atoms with Gasteiger partial charge in [-0.15, -0.1) is 0 Å². The fourth-order valence-corrected chi connectivity index (χ4v) is 2.58. The number of hydrogen-bond donors (Lipinski definition) is 0. The lowest BCUT2D eigenvalue weighted by molar-refractivity contribution is 0.561. The highest BCUT2D eigenvalue weighted by Crippen LogP contribution is 2.34. The smallest absolute Gasteiger partial charge is 0.130 e. The fourth-order valence-electron chi connectivity index (χ4n) is 1.84. The molecule has 1 unspecified atom stereocenters. The lowest BCUT2D eigenvalue weighted by atomic mass is 10.0. The molecule has 0 radical (unpaired) electrons. The molecular weight excluding hydrogens is 298 g/mol. The molecular formula is C15H13BrF2. The first-order chi connectivity index (χ1) is 8.63. The third-order valence-electron chi connectivity index (χ3n) is 2.93. The summed E-state index contributed by atoms with van der Waals surface area (Å²) in [5, 5.41) is 0. The SMILES string of the molecule is CCc1ccc(C(Br)c2c(F)cccc2F)cc1. The molecule has 0 heterocycles. The minimum absolute atomic E-state index is 0.0572. The summed E-state index contributed by atoms with van der Waals surface area (Å²) < 4.78 is 27.3. The van der Waals surface area contributed by atoms with Crippen LogP contribution in [0.15, 0.2) is 42.5 Å². The molecule has 0 bridgehead atoms. The highest BCUT2D eigenvalue weighted by molar-refractivity contribution is 9.09. The zero-order valence-electron chi connectivity index (χ0n) is 9.96. The summed E-state index contributed by atoms with van der Waals surface area (Å²) in [5.41, 5.74) is 2.10. The predicted molar refractivity (Wildman–Crippen MR) is 72.9 cm³/mol. The van der Waals surface area contributed by atoms with E-state index in [4.69, 9.17) is 0 Å². The number of alkyl halides is 1. The molecule has 0 aromatic heterocycles. The number of benzene rings is 2. The van der Waals surface area contributed by atoms with E-state index in [0.29, 0.717) is 0 Å². The van der Waals surface area contributed by atoms with Crippen LogP contribution in [-0.2, 0) is 6.42 Å². The zero-order valence-corrected chi connectivity index (χ0v) is 11.5. The van der Waals surface area contributed by atoms with Crippen molar-refractivity contribution in [2.75, 3.05) is 0 Å². The van der Waals surface area contributed by atoms with Crippen molar-refractivity contribution in [3.8, 4) is 0 Å². The van der Waals surface area contributed by atoms with E-state index in [1.54, 1.807) is 0 Å². The van der Waals surface area contributed by atoms with E-state index in [-0.39, 0.29) is 5.56 Å². The average molecular weight is 311 g/mol. The summed E-state index contributed by atoms with van der Waals surface area (Å²) in [5.74, 6) is -1.06. The van der Waals surface area contributed by atoms with Crippen molar-refractivity contribution in [1.82, 2.24) is 0 Å². The molecule has 0 fully saturated rings. The van der Waals surface area contributed by atoms with Crippen LogP contribution in [0.5, 0.6) is 0 Å². The van der Waals surface area contributed by atoms with Gasteiger partial charge in [0, 0.05) is 5.56 Å². The van der Waals surface area contributed by atoms with Gasteiger partial charge in [-0.2, -0.15) is 0 Å². The molecule has 0 nitrogen and oxygen atoms in total. The quantitative estimate of drug-likeness (QED) is 0.699. The molecule has 0 saturated carbocycles. The predicted octanol–water partition coefficient (Wildman–Crippen LogP) is 5.01. The van der Waals surface area contributed by atoms with Crippen molar-refractivity contribution >= 4 is 15.9 Å². The van der Waals surface area contributed by atoms with Crippen LogP contribution in [-0.4, -0.2) is 0 Å². The Morgan fingerprint density at radius 1 is 1.00 bits per heavy atom. The van der Waals surface area contributed by atoms with Crippen molar-refractivity contribution in [2.45, 2.75) is 18.2 Å². The molecule has 0 N–H and O–H groups in total. The topological polar surface area (TPSA) is 0 Å². The average Bonchev–Trinajstić information content (AvgIpc) is 2.38. The van der Waals surface area contributed by atoms with E-state index in [9.17, 15) is 8.78 Å². The Morgan fingerprint density at radius 3 is 2.06 bits per heavy atom. The van der Waals surface area contributed by atoms with Crippen LogP contribution in [0.3, 0.4) is 0 Å². The van der Waals surface area contributed by atoms with Gasteiger partial charge in [-0.3, -0.25) is 0 Å². The van der Waals surface area contributed by atoms with Crippen molar-refractivity contribution in [3.63, 3.8) is 0 Å². The zero-order chi connectivity index (χ0) is 13.1. The standard InChI is InChI=1S/C15H13BrF2/c1-2-10-6-8-11(9-7-10)15(16)14-12(17)4-3-5-13(14)18/h3-9,15H,2H2,1H3. The molecule has 18 heavy (non-hydrogen) atoms. The second kappa shape index (κ2) is 5.61. The molecule has 2 rings (SSSR count). The molecule has 2 aromatic rings. The van der Waals surface area contributed by atoms with Crippen molar-refractivity contribution in [1.29, 1.82) is 0 Å². The lowest BCUT2D eigenvalue weighted by Crippen LogP contribution is -2.00. The number of halogens is 3. The molecule has 1 atom stereocenters. The highest BCUT2D eigenvalue weighted by Gasteiger charge is 2.18. The van der Waals surface area contributed by atoms with Gasteiger partial charge in [-0.05, 0) is 29.7 Å². The Kier molecular flexibility index (Phi) is 4.12. The third-order valence-corrected chi connectivity index (χ3v) is 3.92. The molecule has 94 valence electrons. The van der Waals surface area contributed by atoms with Gasteiger partial charge in [0.1, 0.15) is 11.6 Å². The lowest BCUT2D eigenvalue weighted by Gasteiger charge is -2.13. The monoisotopic (exact) mass is 310 g/mol. The van der Waals surface area contributed by atoms with Crippen LogP contribution >= 0.6 is 15.9 Å². The van der Waals surface area contributed by atoms with Gasteiger partial charge < -0.3 is 0 Å². The summed E-state index contributed by atoms with van der Waals surface area (Å²) in [4.78, 5) is -0.468. The number of hydrogen-bond acceptors (Lipinski definition) is 0. The summed E-state index contributed by atoms with van der Waals surface area (Å²) in [6.45, 7) is 2.07. The molecule has 3 heteroatoms. The van der Waals surface area contributed by atoms with Gasteiger partial charge in [0.15, 0.2) is 0 Å². The second-order valence-corrected chi connectivity index (χ2v) is 5.01. The summed E-state index contributed by atoms with van der Waals surface area (Å²) >= 11 is 3.36. The van der Waals surface area contributed by atoms with Gasteiger partial charge in [0.25, 0.3) is 0 Å². The van der Waals surface area contributed by atoms with E-state index in [1.807, 2.05) is 24.3 Å². The molecule has 0 aliphatic heterocycles. The van der Waals surface area contributed by atoms with Gasteiger partial charge in [0.05, 0.1) is 4.83 Å². The summed E-state index contributed by atoms with van der Waals surface area (Å²) in [7, 11) is 0. The maximum Gasteiger partial charge on any atom is 0.130 e. The summed E-state index contributed by atoms with van der Waals surface area (Å²) in [6.07, 6.45) is 0.946. The van der Waals surface area contributed by atoms with Gasteiger partial charge in [-0.25, -0.2) is 8.78 Å². The first kappa shape index (κ1) is 13.2. The van der Waals surface area contributed by atoms with Crippen LogP contribution in [0.2, 0.25) is 0 Å². The van der Waals surface area contributed by atoms with E-state index < -0.39 is 16.5 Å². The van der Waals surface area contributed by atoms with E-state index in [2.05, 4.69) is 22.9 Å². The van der Waals surface area contributed by atoms with E-state index in [1.165, 1.54) is 23.8 Å². The van der Waals surface area contributed by atoms with Gasteiger partial charge in [0.2, 0.25) is 0 Å². The number of aryl methyl sites for hydroxylation is 1. The highest BCUT2D eigenvalue weighted by atomic mass is 79.9. The second-order valence-electron chi connectivity index (χ2n) is 4.09. The molecule has 0 saturated heterocycles. The van der Waals surface area contributed by atoms with Crippen molar-refractivity contribution < 1.29 is 8.78 Å². The molecule has 2 aromatic carbocycles. The molecule has 0 amide bonds. The molecule has 0 spiro atoms. The first-order valence-corrected chi connectivity index (χ1v) is 6.72. The Labute approximate surface area is 114 Å². The Morgan fingerprint density at radius 2 is 1.56 bits per heavy atom. The van der Waals surface area contributed by atoms with Gasteiger partial charge in [-0.1, -0.05) is 53.2 Å². The largest absolute Gasteiger partial charge is 0.207 e. The minimum atomic E-state index is -0.531. The third kappa shape index (κ3) is 2.61. The molecule has 0 aliphatic carbocycles. The minimum Gasteiger partial charge on any atom is -0.207 e. The van der Waals surface area contributed by atoms with Crippen LogP contribution in [0.4, 0.5) is 8.78 Å². The Bertz CT molecular complexity index is 514. The van der Waals surface area contributed by atoms with Crippen LogP contribution < -0.4 is 0 Å². The fraction of sp³-hybridized carbons (Fsp3) is 0.200. The summed E-state index contributed by atoms with van der Waals surface area (Å²) in [6, 6.07) is 11.6. The Hall–Kier alpha value is -1.22. The molecule has 0 aliphatic rings. The normalized spacial score (nSPS) is 12.4. The maximum absolute atomic E-state index is 13.7.